The molecule has 0 saturated carbocycles. The van der Waals surface area contributed by atoms with E-state index in [2.05, 4.69) is 5.32 Å². The van der Waals surface area contributed by atoms with Crippen LogP contribution in [0.15, 0.2) is 42.5 Å². The van der Waals surface area contributed by atoms with E-state index in [4.69, 9.17) is 18.9 Å². The predicted molar refractivity (Wildman–Crippen MR) is 127 cm³/mol. The first kappa shape index (κ1) is 25.5. The van der Waals surface area contributed by atoms with Gasteiger partial charge in [0.2, 0.25) is 5.91 Å². The lowest BCUT2D eigenvalue weighted by Crippen LogP contribution is -2.28. The van der Waals surface area contributed by atoms with Gasteiger partial charge in [-0.25, -0.2) is 4.79 Å². The van der Waals surface area contributed by atoms with E-state index >= 15 is 0 Å². The molecule has 0 unspecified atom stereocenters. The molecule has 1 aliphatic heterocycles. The molecule has 10 nitrogen and oxygen atoms in total. The van der Waals surface area contributed by atoms with E-state index in [0.29, 0.717) is 35.0 Å². The molecular formula is C25H28N2O8. The number of amides is 2. The average molecular weight is 485 g/mol. The number of benzene rings is 2. The van der Waals surface area contributed by atoms with Crippen LogP contribution in [0.2, 0.25) is 0 Å². The molecule has 1 N–H and O–H groups in total. The smallest absolute Gasteiger partial charge is 0.338 e. The summed E-state index contributed by atoms with van der Waals surface area (Å²) in [5, 5.41) is 2.59. The minimum absolute atomic E-state index is 0.0365. The van der Waals surface area contributed by atoms with Crippen LogP contribution in [0.5, 0.6) is 11.5 Å². The maximum absolute atomic E-state index is 12.5. The zero-order valence-electron chi connectivity index (χ0n) is 19.9. The van der Waals surface area contributed by atoms with E-state index in [-0.39, 0.29) is 18.9 Å². The number of nitrogens with zero attached hydrogens (tertiary/aromatic N) is 1. The molecule has 1 saturated heterocycles. The first-order valence-electron chi connectivity index (χ1n) is 11.1. The largest absolute Gasteiger partial charge is 0.497 e. The van der Waals surface area contributed by atoms with Crippen LogP contribution in [0.3, 0.4) is 0 Å². The Hall–Kier alpha value is -4.08. The molecule has 1 atom stereocenters. The third-order valence-corrected chi connectivity index (χ3v) is 5.32. The van der Waals surface area contributed by atoms with Crippen molar-refractivity contribution < 1.29 is 38.1 Å². The summed E-state index contributed by atoms with van der Waals surface area (Å²) in [4.78, 5) is 50.5. The molecule has 10 heteroatoms. The molecule has 3 rings (SSSR count). The van der Waals surface area contributed by atoms with Crippen molar-refractivity contribution in [2.24, 2.45) is 5.92 Å². The van der Waals surface area contributed by atoms with Gasteiger partial charge in [-0.3, -0.25) is 14.4 Å². The third-order valence-electron chi connectivity index (χ3n) is 5.32. The first-order chi connectivity index (χ1) is 16.9. The van der Waals surface area contributed by atoms with Gasteiger partial charge in [0.1, 0.15) is 11.5 Å². The summed E-state index contributed by atoms with van der Waals surface area (Å²) in [6, 6.07) is 11.2. The van der Waals surface area contributed by atoms with Crippen molar-refractivity contribution in [3.05, 3.63) is 48.0 Å². The monoisotopic (exact) mass is 484 g/mol. The van der Waals surface area contributed by atoms with Gasteiger partial charge < -0.3 is 29.2 Å². The highest BCUT2D eigenvalue weighted by Gasteiger charge is 2.37. The number of hydrogen-bond donors (Lipinski definition) is 1. The molecular weight excluding hydrogens is 456 g/mol. The molecule has 2 amide bonds. The first-order valence-corrected chi connectivity index (χ1v) is 11.1. The van der Waals surface area contributed by atoms with Gasteiger partial charge in [-0.2, -0.15) is 0 Å². The quantitative estimate of drug-likeness (QED) is 0.511. The van der Waals surface area contributed by atoms with Crippen molar-refractivity contribution in [2.75, 3.05) is 44.2 Å². The van der Waals surface area contributed by atoms with Gasteiger partial charge in [-0.15, -0.1) is 0 Å². The highest BCUT2D eigenvalue weighted by molar-refractivity contribution is 6.01. The average Bonchev–Trinajstić information content (AvgIpc) is 3.27. The van der Waals surface area contributed by atoms with Crippen molar-refractivity contribution in [3.63, 3.8) is 0 Å². The number of carbonyl (C=O) groups is 4. The molecule has 186 valence electrons. The lowest BCUT2D eigenvalue weighted by molar-refractivity contribution is -0.151. The predicted octanol–water partition coefficient (Wildman–Crippen LogP) is 2.81. The van der Waals surface area contributed by atoms with Crippen LogP contribution >= 0.6 is 0 Å². The van der Waals surface area contributed by atoms with E-state index in [9.17, 15) is 19.2 Å². The van der Waals surface area contributed by atoms with Crippen LogP contribution in [0, 0.1) is 5.92 Å². The van der Waals surface area contributed by atoms with E-state index in [1.807, 2.05) is 6.92 Å². The van der Waals surface area contributed by atoms with Crippen molar-refractivity contribution in [1.29, 1.82) is 0 Å². The van der Waals surface area contributed by atoms with E-state index in [1.165, 1.54) is 31.3 Å². The second-order valence-electron chi connectivity index (χ2n) is 7.81. The van der Waals surface area contributed by atoms with E-state index in [0.717, 1.165) is 6.42 Å². The number of anilines is 2. The maximum Gasteiger partial charge on any atom is 0.338 e. The van der Waals surface area contributed by atoms with Gasteiger partial charge >= 0.3 is 11.9 Å². The number of esters is 2. The lowest BCUT2D eigenvalue weighted by atomic mass is 10.1. The Balaban J connectivity index is 1.51. The number of ether oxygens (including phenoxy) is 4. The van der Waals surface area contributed by atoms with Crippen LogP contribution in [-0.2, 0) is 23.9 Å². The van der Waals surface area contributed by atoms with E-state index < -0.39 is 30.4 Å². The van der Waals surface area contributed by atoms with Gasteiger partial charge in [0.25, 0.3) is 5.91 Å². The van der Waals surface area contributed by atoms with E-state index in [1.54, 1.807) is 30.3 Å². The Morgan fingerprint density at radius 1 is 1.03 bits per heavy atom. The van der Waals surface area contributed by atoms with Crippen LogP contribution < -0.4 is 19.7 Å². The van der Waals surface area contributed by atoms with Crippen LogP contribution in [-0.4, -0.2) is 57.7 Å². The molecule has 1 aliphatic rings. The number of rotatable bonds is 10. The number of methoxy groups -OCH3 is 2. The Morgan fingerprint density at radius 3 is 2.43 bits per heavy atom. The summed E-state index contributed by atoms with van der Waals surface area (Å²) in [5.74, 6) is -1.57. The molecule has 0 spiro atoms. The Morgan fingerprint density at radius 2 is 1.77 bits per heavy atom. The molecule has 1 heterocycles. The molecule has 2 aromatic rings. The summed E-state index contributed by atoms with van der Waals surface area (Å²) in [6.45, 7) is 1.84. The number of carbonyl (C=O) groups excluding carboxylic acids is 4. The van der Waals surface area contributed by atoms with Crippen molar-refractivity contribution in [2.45, 2.75) is 19.8 Å². The summed E-state index contributed by atoms with van der Waals surface area (Å²) >= 11 is 0. The molecule has 0 aliphatic carbocycles. The highest BCUT2D eigenvalue weighted by atomic mass is 16.5. The summed E-state index contributed by atoms with van der Waals surface area (Å²) in [7, 11) is 3.01. The lowest BCUT2D eigenvalue weighted by Gasteiger charge is -2.20. The van der Waals surface area contributed by atoms with Gasteiger partial charge in [0, 0.05) is 24.7 Å². The van der Waals surface area contributed by atoms with Gasteiger partial charge in [0.05, 0.1) is 38.0 Å². The maximum atomic E-state index is 12.5. The number of nitrogens with one attached hydrogen (secondary N) is 1. The molecule has 0 radical (unpaired) electrons. The van der Waals surface area contributed by atoms with Crippen LogP contribution in [0.1, 0.15) is 30.1 Å². The topological polar surface area (TPSA) is 120 Å². The Bertz CT molecular complexity index is 1080. The van der Waals surface area contributed by atoms with Crippen LogP contribution in [0.25, 0.3) is 0 Å². The van der Waals surface area contributed by atoms with Gasteiger partial charge in [0.15, 0.2) is 6.61 Å². The second-order valence-corrected chi connectivity index (χ2v) is 7.81. The molecule has 35 heavy (non-hydrogen) atoms. The van der Waals surface area contributed by atoms with Crippen LogP contribution in [0.4, 0.5) is 11.4 Å². The summed E-state index contributed by atoms with van der Waals surface area (Å²) in [6.07, 6.45) is 0.687. The third kappa shape index (κ3) is 6.50. The SMILES string of the molecule is CCCOC(=O)c1ccc(NC(=O)COC(=O)[C@@H]2CC(=O)N(c3ccc(OC)cc3OC)C2)cc1. The second kappa shape index (κ2) is 11.9. The number of hydrogen-bond acceptors (Lipinski definition) is 8. The minimum Gasteiger partial charge on any atom is -0.497 e. The fourth-order valence-corrected chi connectivity index (χ4v) is 3.53. The van der Waals surface area contributed by atoms with Crippen molar-refractivity contribution >= 4 is 35.1 Å². The molecule has 0 bridgehead atoms. The minimum atomic E-state index is -0.712. The van der Waals surface area contributed by atoms with Gasteiger partial charge in [-0.1, -0.05) is 6.92 Å². The Labute approximate surface area is 203 Å². The zero-order valence-corrected chi connectivity index (χ0v) is 19.9. The fourth-order valence-electron chi connectivity index (χ4n) is 3.53. The van der Waals surface area contributed by atoms with Gasteiger partial charge in [-0.05, 0) is 42.8 Å². The Kier molecular flexibility index (Phi) is 8.66. The summed E-state index contributed by atoms with van der Waals surface area (Å²) in [5.41, 5.74) is 1.33. The highest BCUT2D eigenvalue weighted by Crippen LogP contribution is 2.36. The normalized spacial score (nSPS) is 14.9. The zero-order chi connectivity index (χ0) is 25.4. The summed E-state index contributed by atoms with van der Waals surface area (Å²) < 4.78 is 20.7. The van der Waals surface area contributed by atoms with Crippen molar-refractivity contribution in [1.82, 2.24) is 0 Å². The van der Waals surface area contributed by atoms with Crippen molar-refractivity contribution in [3.8, 4) is 11.5 Å². The fraction of sp³-hybridized carbons (Fsp3) is 0.360. The molecule has 2 aromatic carbocycles. The molecule has 0 aromatic heterocycles. The molecule has 1 fully saturated rings. The standard InChI is InChI=1S/C25H28N2O8/c1-4-11-34-24(30)16-5-7-18(8-6-16)26-22(28)15-35-25(31)17-12-23(29)27(14-17)20-10-9-19(32-2)13-21(20)33-3/h5-10,13,17H,4,11-12,14-15H2,1-3H3,(H,26,28)/t17-/m1/s1.